The van der Waals surface area contributed by atoms with Crippen LogP contribution in [-0.2, 0) is 4.79 Å². The number of amides is 1. The van der Waals surface area contributed by atoms with Crippen molar-refractivity contribution in [3.05, 3.63) is 54.9 Å². The summed E-state index contributed by atoms with van der Waals surface area (Å²) >= 11 is 0. The largest absolute Gasteiger partial charge is 0.359 e. The minimum Gasteiger partial charge on any atom is -0.359 e. The van der Waals surface area contributed by atoms with E-state index in [1.165, 1.54) is 0 Å². The average Bonchev–Trinajstić information content (AvgIpc) is 2.49. The number of benzene rings is 1. The molecular weight excluding hydrogens is 238 g/mol. The zero-order valence-electron chi connectivity index (χ0n) is 10.6. The molecule has 2 aromatic rings. The van der Waals surface area contributed by atoms with Crippen molar-refractivity contribution in [1.29, 1.82) is 0 Å². The Bertz CT molecular complexity index is 556. The first-order valence-corrected chi connectivity index (χ1v) is 6.35. The van der Waals surface area contributed by atoms with E-state index in [2.05, 4.69) is 9.88 Å². The van der Waals surface area contributed by atoms with Gasteiger partial charge in [0.1, 0.15) is 0 Å². The Hall–Kier alpha value is -2.36. The van der Waals surface area contributed by atoms with Crippen LogP contribution in [0.4, 0.5) is 11.4 Å². The van der Waals surface area contributed by atoms with E-state index in [4.69, 9.17) is 0 Å². The van der Waals surface area contributed by atoms with Crippen LogP contribution in [0.2, 0.25) is 0 Å². The van der Waals surface area contributed by atoms with Crippen molar-refractivity contribution in [1.82, 2.24) is 4.98 Å². The molecule has 2 heterocycles. The molecule has 1 amide bonds. The standard InChI is InChI=1S/C15H15N3O/c19-15-12-17(14-7-4-8-16-11-14)9-10-18(15)13-5-2-1-3-6-13/h1-8,11H,9-10,12H2. The van der Waals surface area contributed by atoms with Gasteiger partial charge in [-0.05, 0) is 24.3 Å². The van der Waals surface area contributed by atoms with Gasteiger partial charge in [0.05, 0.1) is 18.4 Å². The molecule has 0 bridgehead atoms. The number of rotatable bonds is 2. The van der Waals surface area contributed by atoms with Crippen molar-refractivity contribution in [2.75, 3.05) is 29.4 Å². The topological polar surface area (TPSA) is 36.4 Å². The number of carbonyl (C=O) groups excluding carboxylic acids is 1. The second-order valence-corrected chi connectivity index (χ2v) is 4.51. The fourth-order valence-corrected chi connectivity index (χ4v) is 2.32. The number of hydrogen-bond donors (Lipinski definition) is 0. The summed E-state index contributed by atoms with van der Waals surface area (Å²) in [7, 11) is 0. The third kappa shape index (κ3) is 2.42. The van der Waals surface area contributed by atoms with E-state index >= 15 is 0 Å². The Kier molecular flexibility index (Phi) is 3.14. The number of para-hydroxylation sites is 1. The van der Waals surface area contributed by atoms with Gasteiger partial charge in [-0.1, -0.05) is 18.2 Å². The van der Waals surface area contributed by atoms with Crippen LogP contribution in [0.15, 0.2) is 54.9 Å². The van der Waals surface area contributed by atoms with Crippen LogP contribution < -0.4 is 9.80 Å². The average molecular weight is 253 g/mol. The van der Waals surface area contributed by atoms with Crippen molar-refractivity contribution in [2.24, 2.45) is 0 Å². The maximum atomic E-state index is 12.2. The zero-order valence-corrected chi connectivity index (χ0v) is 10.6. The first-order chi connectivity index (χ1) is 9.34. The van der Waals surface area contributed by atoms with Gasteiger partial charge in [0.25, 0.3) is 0 Å². The van der Waals surface area contributed by atoms with Gasteiger partial charge in [0, 0.05) is 25.0 Å². The first kappa shape index (κ1) is 11.7. The highest BCUT2D eigenvalue weighted by molar-refractivity contribution is 5.97. The maximum Gasteiger partial charge on any atom is 0.246 e. The number of anilines is 2. The van der Waals surface area contributed by atoms with Gasteiger partial charge in [0.2, 0.25) is 5.91 Å². The number of nitrogens with zero attached hydrogens (tertiary/aromatic N) is 3. The Balaban J connectivity index is 1.75. The predicted octanol–water partition coefficient (Wildman–Crippen LogP) is 1.93. The van der Waals surface area contributed by atoms with Crippen LogP contribution in [0.3, 0.4) is 0 Å². The summed E-state index contributed by atoms with van der Waals surface area (Å²) < 4.78 is 0. The van der Waals surface area contributed by atoms with Crippen molar-refractivity contribution in [2.45, 2.75) is 0 Å². The lowest BCUT2D eigenvalue weighted by Crippen LogP contribution is -2.50. The van der Waals surface area contributed by atoms with Crippen molar-refractivity contribution in [3.63, 3.8) is 0 Å². The molecule has 1 saturated heterocycles. The molecule has 1 fully saturated rings. The van der Waals surface area contributed by atoms with Gasteiger partial charge in [0.15, 0.2) is 0 Å². The SMILES string of the molecule is O=C1CN(c2cccnc2)CCN1c1ccccc1. The summed E-state index contributed by atoms with van der Waals surface area (Å²) in [4.78, 5) is 20.2. The summed E-state index contributed by atoms with van der Waals surface area (Å²) in [6.45, 7) is 1.94. The molecule has 1 aromatic heterocycles. The van der Waals surface area contributed by atoms with Crippen LogP contribution in [-0.4, -0.2) is 30.5 Å². The molecule has 0 radical (unpaired) electrons. The molecule has 96 valence electrons. The molecule has 0 saturated carbocycles. The van der Waals surface area contributed by atoms with Crippen molar-refractivity contribution >= 4 is 17.3 Å². The molecular formula is C15H15N3O. The predicted molar refractivity (Wildman–Crippen MR) is 75.2 cm³/mol. The van der Waals surface area contributed by atoms with Crippen LogP contribution >= 0.6 is 0 Å². The van der Waals surface area contributed by atoms with Crippen LogP contribution in [0.1, 0.15) is 0 Å². The summed E-state index contributed by atoms with van der Waals surface area (Å²) in [6.07, 6.45) is 3.54. The van der Waals surface area contributed by atoms with Gasteiger partial charge >= 0.3 is 0 Å². The van der Waals surface area contributed by atoms with Crippen molar-refractivity contribution < 1.29 is 4.79 Å². The van der Waals surface area contributed by atoms with Gasteiger partial charge in [-0.2, -0.15) is 0 Å². The van der Waals surface area contributed by atoms with Gasteiger partial charge in [-0.3, -0.25) is 9.78 Å². The van der Waals surface area contributed by atoms with E-state index < -0.39 is 0 Å². The molecule has 4 nitrogen and oxygen atoms in total. The van der Waals surface area contributed by atoms with E-state index in [0.717, 1.165) is 17.9 Å². The summed E-state index contributed by atoms with van der Waals surface area (Å²) in [5.74, 6) is 0.126. The fourth-order valence-electron chi connectivity index (χ4n) is 2.32. The maximum absolute atomic E-state index is 12.2. The number of carbonyl (C=O) groups is 1. The Labute approximate surface area is 112 Å². The highest BCUT2D eigenvalue weighted by atomic mass is 16.2. The molecule has 19 heavy (non-hydrogen) atoms. The second kappa shape index (κ2) is 5.10. The molecule has 1 aromatic carbocycles. The van der Waals surface area contributed by atoms with E-state index in [-0.39, 0.29) is 5.91 Å². The van der Waals surface area contributed by atoms with Gasteiger partial charge in [-0.25, -0.2) is 0 Å². The minimum absolute atomic E-state index is 0.126. The highest BCUT2D eigenvalue weighted by Gasteiger charge is 2.24. The number of aromatic nitrogens is 1. The third-order valence-corrected chi connectivity index (χ3v) is 3.30. The monoisotopic (exact) mass is 253 g/mol. The fraction of sp³-hybridized carbons (Fsp3) is 0.200. The molecule has 0 spiro atoms. The third-order valence-electron chi connectivity index (χ3n) is 3.30. The molecule has 4 heteroatoms. The van der Waals surface area contributed by atoms with Crippen LogP contribution in [0.25, 0.3) is 0 Å². The quantitative estimate of drug-likeness (QED) is 0.820. The summed E-state index contributed by atoms with van der Waals surface area (Å²) in [5, 5.41) is 0. The molecule has 0 aliphatic carbocycles. The number of pyridine rings is 1. The second-order valence-electron chi connectivity index (χ2n) is 4.51. The van der Waals surface area contributed by atoms with Crippen molar-refractivity contribution in [3.8, 4) is 0 Å². The number of piperazine rings is 1. The van der Waals surface area contributed by atoms with Gasteiger partial charge in [-0.15, -0.1) is 0 Å². The normalized spacial score (nSPS) is 15.7. The molecule has 1 aliphatic rings. The zero-order chi connectivity index (χ0) is 13.1. The smallest absolute Gasteiger partial charge is 0.246 e. The van der Waals surface area contributed by atoms with Crippen LogP contribution in [0.5, 0.6) is 0 Å². The minimum atomic E-state index is 0.126. The first-order valence-electron chi connectivity index (χ1n) is 6.35. The summed E-state index contributed by atoms with van der Waals surface area (Å²) in [5.41, 5.74) is 1.97. The molecule has 1 aliphatic heterocycles. The lowest BCUT2D eigenvalue weighted by atomic mass is 10.2. The lowest BCUT2D eigenvalue weighted by molar-refractivity contribution is -0.117. The Morgan fingerprint density at radius 3 is 2.42 bits per heavy atom. The lowest BCUT2D eigenvalue weighted by Gasteiger charge is -2.35. The molecule has 0 N–H and O–H groups in total. The van der Waals surface area contributed by atoms with Gasteiger partial charge < -0.3 is 9.80 Å². The van der Waals surface area contributed by atoms with E-state index in [1.807, 2.05) is 47.4 Å². The Morgan fingerprint density at radius 1 is 0.947 bits per heavy atom. The number of hydrogen-bond acceptors (Lipinski definition) is 3. The summed E-state index contributed by atoms with van der Waals surface area (Å²) in [6, 6.07) is 13.7. The molecule has 3 rings (SSSR count). The Morgan fingerprint density at radius 2 is 1.74 bits per heavy atom. The van der Waals surface area contributed by atoms with E-state index in [1.54, 1.807) is 12.4 Å². The molecule has 0 atom stereocenters. The van der Waals surface area contributed by atoms with E-state index in [9.17, 15) is 4.79 Å². The highest BCUT2D eigenvalue weighted by Crippen LogP contribution is 2.20. The molecule has 0 unspecified atom stereocenters. The van der Waals surface area contributed by atoms with E-state index in [0.29, 0.717) is 13.1 Å². The van der Waals surface area contributed by atoms with Crippen LogP contribution in [0, 0.1) is 0 Å².